The summed E-state index contributed by atoms with van der Waals surface area (Å²) in [6.07, 6.45) is 2.28. The van der Waals surface area contributed by atoms with Crippen LogP contribution >= 0.6 is 0 Å². The first-order chi connectivity index (χ1) is 14.0. The van der Waals surface area contributed by atoms with Crippen molar-refractivity contribution in [3.8, 4) is 17.2 Å². The van der Waals surface area contributed by atoms with Gasteiger partial charge in [0.2, 0.25) is 5.75 Å². The van der Waals surface area contributed by atoms with Crippen LogP contribution in [-0.4, -0.2) is 38.3 Å². The number of hydrogen-bond acceptors (Lipinski definition) is 6. The molecular weight excluding hydrogens is 374 g/mol. The molecule has 1 heterocycles. The number of esters is 1. The molecule has 0 radical (unpaired) electrons. The lowest BCUT2D eigenvalue weighted by molar-refractivity contribution is -0.123. The molecule has 0 spiro atoms. The lowest BCUT2D eigenvalue weighted by atomic mass is 10.1. The number of anilines is 1. The largest absolute Gasteiger partial charge is 0.493 e. The van der Waals surface area contributed by atoms with Gasteiger partial charge in [0.15, 0.2) is 17.6 Å². The molecule has 1 N–H and O–H groups in total. The summed E-state index contributed by atoms with van der Waals surface area (Å²) in [5.41, 5.74) is 3.52. The van der Waals surface area contributed by atoms with E-state index in [-0.39, 0.29) is 11.5 Å². The van der Waals surface area contributed by atoms with Crippen LogP contribution in [0.1, 0.15) is 34.8 Å². The first kappa shape index (κ1) is 19.1. The fraction of sp³-hybridized carbons (Fsp3) is 0.364. The van der Waals surface area contributed by atoms with Crippen LogP contribution in [0.25, 0.3) is 0 Å². The average molecular weight is 397 g/mol. The maximum absolute atomic E-state index is 12.6. The Kier molecular flexibility index (Phi) is 5.29. The zero-order chi connectivity index (χ0) is 20.4. The number of ether oxygens (including phenoxy) is 4. The number of aryl methyl sites for hydroxylation is 2. The Labute approximate surface area is 168 Å². The molecule has 29 heavy (non-hydrogen) atoms. The molecular formula is C22H23NO6. The van der Waals surface area contributed by atoms with Crippen molar-refractivity contribution in [2.24, 2.45) is 0 Å². The summed E-state index contributed by atoms with van der Waals surface area (Å²) in [5.74, 6) is 0.220. The fourth-order valence-electron chi connectivity index (χ4n) is 3.57. The van der Waals surface area contributed by atoms with E-state index < -0.39 is 12.1 Å². The van der Waals surface area contributed by atoms with E-state index in [0.717, 1.165) is 19.3 Å². The van der Waals surface area contributed by atoms with Gasteiger partial charge in [0.05, 0.1) is 12.7 Å². The zero-order valence-corrected chi connectivity index (χ0v) is 16.4. The summed E-state index contributed by atoms with van der Waals surface area (Å²) in [7, 11) is 1.48. The van der Waals surface area contributed by atoms with Crippen molar-refractivity contribution in [1.82, 2.24) is 0 Å². The fourth-order valence-corrected chi connectivity index (χ4v) is 3.57. The molecule has 0 aromatic heterocycles. The summed E-state index contributed by atoms with van der Waals surface area (Å²) in [5, 5.41) is 2.82. The molecule has 1 aliphatic heterocycles. The van der Waals surface area contributed by atoms with Gasteiger partial charge in [0.1, 0.15) is 13.2 Å². The number of carbonyl (C=O) groups excluding carboxylic acids is 2. The molecule has 7 nitrogen and oxygen atoms in total. The van der Waals surface area contributed by atoms with Crippen molar-refractivity contribution >= 4 is 17.6 Å². The topological polar surface area (TPSA) is 83.1 Å². The number of fused-ring (bicyclic) bond motifs is 2. The minimum Gasteiger partial charge on any atom is -0.493 e. The van der Waals surface area contributed by atoms with Crippen LogP contribution < -0.4 is 19.5 Å². The van der Waals surface area contributed by atoms with Crippen LogP contribution in [0.5, 0.6) is 17.2 Å². The third-order valence-electron chi connectivity index (χ3n) is 5.08. The molecule has 152 valence electrons. The van der Waals surface area contributed by atoms with Crippen molar-refractivity contribution in [2.45, 2.75) is 32.3 Å². The van der Waals surface area contributed by atoms with E-state index in [1.165, 1.54) is 37.3 Å². The minimum absolute atomic E-state index is 0.225. The van der Waals surface area contributed by atoms with Gasteiger partial charge in [0.25, 0.3) is 5.91 Å². The molecule has 2 aromatic rings. The second-order valence-corrected chi connectivity index (χ2v) is 7.08. The van der Waals surface area contributed by atoms with Gasteiger partial charge < -0.3 is 24.3 Å². The van der Waals surface area contributed by atoms with Gasteiger partial charge in [-0.2, -0.15) is 0 Å². The molecule has 2 aliphatic rings. The van der Waals surface area contributed by atoms with Crippen LogP contribution in [-0.2, 0) is 22.4 Å². The maximum atomic E-state index is 12.6. The average Bonchev–Trinajstić information content (AvgIpc) is 3.20. The molecule has 0 saturated carbocycles. The number of nitrogens with one attached hydrogen (secondary N) is 1. The van der Waals surface area contributed by atoms with E-state index in [0.29, 0.717) is 36.1 Å². The Morgan fingerprint density at radius 1 is 1.07 bits per heavy atom. The SMILES string of the molecule is COc1cc(C(=O)O[C@@H](C)C(=O)Nc2ccc3c(c2)CCC3)cc2c1OCCO2. The first-order valence-corrected chi connectivity index (χ1v) is 9.66. The Hall–Kier alpha value is -3.22. The number of methoxy groups -OCH3 is 1. The van der Waals surface area contributed by atoms with Crippen molar-refractivity contribution < 1.29 is 28.5 Å². The van der Waals surface area contributed by atoms with Crippen LogP contribution in [0.3, 0.4) is 0 Å². The van der Waals surface area contributed by atoms with Crippen molar-refractivity contribution in [2.75, 3.05) is 25.6 Å². The Balaban J connectivity index is 1.43. The quantitative estimate of drug-likeness (QED) is 0.781. The standard InChI is InChI=1S/C22H23NO6/c1-13(21(24)23-17-7-6-14-4-3-5-15(14)10-17)29-22(25)16-11-18(26-2)20-19(12-16)27-8-9-28-20/h6-7,10-13H,3-5,8-9H2,1-2H3,(H,23,24)/t13-/m0/s1. The van der Waals surface area contributed by atoms with Gasteiger partial charge in [0, 0.05) is 5.69 Å². The van der Waals surface area contributed by atoms with Crippen molar-refractivity contribution in [1.29, 1.82) is 0 Å². The van der Waals surface area contributed by atoms with E-state index in [1.807, 2.05) is 18.2 Å². The molecule has 7 heteroatoms. The molecule has 0 fully saturated rings. The molecule has 0 bridgehead atoms. The monoisotopic (exact) mass is 397 g/mol. The molecule has 2 aromatic carbocycles. The summed E-state index contributed by atoms with van der Waals surface area (Å²) in [6, 6.07) is 8.95. The Morgan fingerprint density at radius 2 is 1.86 bits per heavy atom. The second kappa shape index (κ2) is 8.03. The van der Waals surface area contributed by atoms with E-state index in [9.17, 15) is 9.59 Å². The van der Waals surface area contributed by atoms with Crippen LogP contribution in [0, 0.1) is 0 Å². The smallest absolute Gasteiger partial charge is 0.339 e. The highest BCUT2D eigenvalue weighted by Crippen LogP contribution is 2.40. The first-order valence-electron chi connectivity index (χ1n) is 9.66. The third kappa shape index (κ3) is 3.99. The van der Waals surface area contributed by atoms with Crippen molar-refractivity contribution in [3.63, 3.8) is 0 Å². The van der Waals surface area contributed by atoms with Crippen LogP contribution in [0.2, 0.25) is 0 Å². The highest BCUT2D eigenvalue weighted by molar-refractivity contribution is 5.98. The molecule has 0 unspecified atom stereocenters. The highest BCUT2D eigenvalue weighted by atomic mass is 16.6. The van der Waals surface area contributed by atoms with Gasteiger partial charge in [-0.05, 0) is 61.6 Å². The van der Waals surface area contributed by atoms with E-state index in [2.05, 4.69) is 5.32 Å². The predicted molar refractivity (Wildman–Crippen MR) is 106 cm³/mol. The normalized spacial score (nSPS) is 15.2. The Bertz CT molecular complexity index is 937. The van der Waals surface area contributed by atoms with E-state index >= 15 is 0 Å². The highest BCUT2D eigenvalue weighted by Gasteiger charge is 2.24. The van der Waals surface area contributed by atoms with Gasteiger partial charge in [-0.25, -0.2) is 4.79 Å². The molecule has 0 saturated heterocycles. The lowest BCUT2D eigenvalue weighted by Gasteiger charge is -2.21. The summed E-state index contributed by atoms with van der Waals surface area (Å²) >= 11 is 0. The van der Waals surface area contributed by atoms with Crippen LogP contribution in [0.15, 0.2) is 30.3 Å². The Morgan fingerprint density at radius 3 is 2.69 bits per heavy atom. The maximum Gasteiger partial charge on any atom is 0.339 e. The summed E-state index contributed by atoms with van der Waals surface area (Å²) in [6.45, 7) is 2.33. The molecule has 4 rings (SSSR count). The summed E-state index contributed by atoms with van der Waals surface area (Å²) < 4.78 is 21.7. The van der Waals surface area contributed by atoms with Gasteiger partial charge in [-0.1, -0.05) is 6.07 Å². The summed E-state index contributed by atoms with van der Waals surface area (Å²) in [4.78, 5) is 25.0. The number of rotatable bonds is 5. The molecule has 1 atom stereocenters. The van der Waals surface area contributed by atoms with E-state index in [4.69, 9.17) is 18.9 Å². The van der Waals surface area contributed by atoms with E-state index in [1.54, 1.807) is 0 Å². The predicted octanol–water partition coefficient (Wildman–Crippen LogP) is 3.14. The number of benzene rings is 2. The third-order valence-corrected chi connectivity index (χ3v) is 5.08. The number of carbonyl (C=O) groups is 2. The lowest BCUT2D eigenvalue weighted by Crippen LogP contribution is -2.30. The van der Waals surface area contributed by atoms with Gasteiger partial charge in [-0.3, -0.25) is 4.79 Å². The van der Waals surface area contributed by atoms with Crippen LogP contribution in [0.4, 0.5) is 5.69 Å². The number of hydrogen-bond donors (Lipinski definition) is 1. The zero-order valence-electron chi connectivity index (χ0n) is 16.4. The number of amides is 1. The second-order valence-electron chi connectivity index (χ2n) is 7.08. The minimum atomic E-state index is -0.963. The molecule has 1 aliphatic carbocycles. The molecule has 1 amide bonds. The van der Waals surface area contributed by atoms with Crippen molar-refractivity contribution in [3.05, 3.63) is 47.0 Å². The van der Waals surface area contributed by atoms with Gasteiger partial charge >= 0.3 is 5.97 Å². The van der Waals surface area contributed by atoms with Gasteiger partial charge in [-0.15, -0.1) is 0 Å².